The maximum absolute atomic E-state index is 6.09. The summed E-state index contributed by atoms with van der Waals surface area (Å²) >= 11 is 0. The monoisotopic (exact) mass is 268 g/mol. The van der Waals surface area contributed by atoms with Crippen molar-refractivity contribution < 1.29 is 4.74 Å². The van der Waals surface area contributed by atoms with E-state index in [-0.39, 0.29) is 6.10 Å². The lowest BCUT2D eigenvalue weighted by Crippen LogP contribution is -2.37. The van der Waals surface area contributed by atoms with Gasteiger partial charge < -0.3 is 15.8 Å². The van der Waals surface area contributed by atoms with Gasteiger partial charge >= 0.3 is 0 Å². The predicted molar refractivity (Wildman–Crippen MR) is 83.3 cm³/mol. The predicted octanol–water partition coefficient (Wildman–Crippen LogP) is 3.10. The first-order valence-electron chi connectivity index (χ1n) is 7.01. The lowest BCUT2D eigenvalue weighted by Gasteiger charge is -2.29. The zero-order valence-corrected chi connectivity index (χ0v) is 11.9. The van der Waals surface area contributed by atoms with Gasteiger partial charge in [0.25, 0.3) is 0 Å². The van der Waals surface area contributed by atoms with Gasteiger partial charge in [-0.25, -0.2) is 0 Å². The lowest BCUT2D eigenvalue weighted by atomic mass is 9.94. The summed E-state index contributed by atoms with van der Waals surface area (Å²) < 4.78 is 6.09. The number of ether oxygens (including phenoxy) is 1. The molecule has 104 valence electrons. The summed E-state index contributed by atoms with van der Waals surface area (Å²) in [4.78, 5) is 0. The molecule has 1 atom stereocenters. The normalized spacial score (nSPS) is 17.1. The zero-order chi connectivity index (χ0) is 14.1. The first kappa shape index (κ1) is 13.0. The Morgan fingerprint density at radius 1 is 1.15 bits per heavy atom. The Balaban J connectivity index is 2.16. The molecule has 0 radical (unpaired) electrons. The molecule has 2 aromatic rings. The van der Waals surface area contributed by atoms with Crippen molar-refractivity contribution in [3.63, 3.8) is 0 Å². The first-order valence-corrected chi connectivity index (χ1v) is 7.01. The second kappa shape index (κ2) is 5.17. The average molecular weight is 268 g/mol. The smallest absolute Gasteiger partial charge is 0.150 e. The second-order valence-corrected chi connectivity index (χ2v) is 5.31. The number of para-hydroxylation sites is 1. The van der Waals surface area contributed by atoms with Gasteiger partial charge in [0.1, 0.15) is 6.10 Å². The summed E-state index contributed by atoms with van der Waals surface area (Å²) in [5.41, 5.74) is 11.7. The van der Waals surface area contributed by atoms with Crippen LogP contribution >= 0.6 is 0 Å². The molecule has 0 fully saturated rings. The molecule has 1 aliphatic rings. The summed E-state index contributed by atoms with van der Waals surface area (Å²) in [5.74, 6) is 0.923. The van der Waals surface area contributed by atoms with Gasteiger partial charge in [0, 0.05) is 12.1 Å². The number of rotatable bonds is 2. The Kier molecular flexibility index (Phi) is 3.36. The summed E-state index contributed by atoms with van der Waals surface area (Å²) in [6.07, 6.45) is 0.0352. The van der Waals surface area contributed by atoms with E-state index in [1.165, 1.54) is 16.7 Å². The van der Waals surface area contributed by atoms with Gasteiger partial charge in [-0.3, -0.25) is 0 Å². The minimum absolute atomic E-state index is 0.0352. The van der Waals surface area contributed by atoms with E-state index in [9.17, 15) is 0 Å². The highest BCUT2D eigenvalue weighted by Crippen LogP contribution is 2.41. The van der Waals surface area contributed by atoms with Crippen LogP contribution in [-0.4, -0.2) is 19.2 Å². The van der Waals surface area contributed by atoms with Crippen molar-refractivity contribution in [3.05, 3.63) is 47.5 Å². The number of anilines is 1. The van der Waals surface area contributed by atoms with Crippen LogP contribution in [0.5, 0.6) is 5.75 Å². The largest absolute Gasteiger partial charge is 0.484 e. The molecule has 3 rings (SSSR count). The van der Waals surface area contributed by atoms with Gasteiger partial charge in [0.15, 0.2) is 5.75 Å². The number of benzene rings is 2. The van der Waals surface area contributed by atoms with E-state index in [2.05, 4.69) is 55.6 Å². The van der Waals surface area contributed by atoms with Gasteiger partial charge in [-0.2, -0.15) is 0 Å². The SMILES string of the molecule is Cc1cccc(C)c1-c1cccc2c1O[C@@H](CN)CN2. The fourth-order valence-corrected chi connectivity index (χ4v) is 2.80. The van der Waals surface area contributed by atoms with Crippen LogP contribution in [0.4, 0.5) is 5.69 Å². The van der Waals surface area contributed by atoms with E-state index in [0.717, 1.165) is 23.5 Å². The molecular weight excluding hydrogens is 248 g/mol. The lowest BCUT2D eigenvalue weighted by molar-refractivity contribution is 0.215. The molecular formula is C17H20N2O. The van der Waals surface area contributed by atoms with Crippen molar-refractivity contribution in [1.82, 2.24) is 0 Å². The number of nitrogens with one attached hydrogen (secondary N) is 1. The van der Waals surface area contributed by atoms with Crippen LogP contribution in [0, 0.1) is 13.8 Å². The molecule has 2 aromatic carbocycles. The number of fused-ring (bicyclic) bond motifs is 1. The number of hydrogen-bond acceptors (Lipinski definition) is 3. The van der Waals surface area contributed by atoms with E-state index in [0.29, 0.717) is 6.54 Å². The standard InChI is InChI=1S/C17H20N2O/c1-11-5-3-6-12(2)16(11)14-7-4-8-15-17(14)20-13(9-18)10-19-15/h3-8,13,19H,9-10,18H2,1-2H3/t13-/m0/s1. The van der Waals surface area contributed by atoms with Crippen molar-refractivity contribution in [3.8, 4) is 16.9 Å². The topological polar surface area (TPSA) is 47.3 Å². The fourth-order valence-electron chi connectivity index (χ4n) is 2.80. The summed E-state index contributed by atoms with van der Waals surface area (Å²) in [6, 6.07) is 12.6. The van der Waals surface area contributed by atoms with Crippen LogP contribution in [0.2, 0.25) is 0 Å². The molecule has 20 heavy (non-hydrogen) atoms. The Morgan fingerprint density at radius 3 is 2.55 bits per heavy atom. The number of aryl methyl sites for hydroxylation is 2. The van der Waals surface area contributed by atoms with Crippen LogP contribution in [-0.2, 0) is 0 Å². The van der Waals surface area contributed by atoms with Gasteiger partial charge in [-0.1, -0.05) is 30.3 Å². The Morgan fingerprint density at radius 2 is 1.85 bits per heavy atom. The van der Waals surface area contributed by atoms with E-state index in [4.69, 9.17) is 10.5 Å². The van der Waals surface area contributed by atoms with Crippen LogP contribution in [0.15, 0.2) is 36.4 Å². The Bertz CT molecular complexity index is 617. The van der Waals surface area contributed by atoms with Crippen molar-refractivity contribution >= 4 is 5.69 Å². The van der Waals surface area contributed by atoms with Gasteiger partial charge in [-0.05, 0) is 36.6 Å². The maximum atomic E-state index is 6.09. The second-order valence-electron chi connectivity index (χ2n) is 5.31. The van der Waals surface area contributed by atoms with Crippen molar-refractivity contribution in [2.45, 2.75) is 20.0 Å². The van der Waals surface area contributed by atoms with Crippen molar-refractivity contribution in [1.29, 1.82) is 0 Å². The zero-order valence-electron chi connectivity index (χ0n) is 11.9. The molecule has 0 bridgehead atoms. The number of hydrogen-bond donors (Lipinski definition) is 2. The van der Waals surface area contributed by atoms with Gasteiger partial charge in [0.05, 0.1) is 12.2 Å². The average Bonchev–Trinajstić information content (AvgIpc) is 2.47. The molecule has 0 aromatic heterocycles. The van der Waals surface area contributed by atoms with Crippen LogP contribution in [0.3, 0.4) is 0 Å². The van der Waals surface area contributed by atoms with Gasteiger partial charge in [-0.15, -0.1) is 0 Å². The van der Waals surface area contributed by atoms with E-state index < -0.39 is 0 Å². The highest BCUT2D eigenvalue weighted by atomic mass is 16.5. The molecule has 3 heteroatoms. The van der Waals surface area contributed by atoms with Crippen molar-refractivity contribution in [2.75, 3.05) is 18.4 Å². The first-order chi connectivity index (χ1) is 9.70. The third-order valence-electron chi connectivity index (χ3n) is 3.83. The fraction of sp³-hybridized carbons (Fsp3) is 0.294. The molecule has 1 heterocycles. The molecule has 0 unspecified atom stereocenters. The summed E-state index contributed by atoms with van der Waals surface area (Å²) in [7, 11) is 0. The molecule has 1 aliphatic heterocycles. The van der Waals surface area contributed by atoms with Crippen LogP contribution < -0.4 is 15.8 Å². The third kappa shape index (κ3) is 2.14. The van der Waals surface area contributed by atoms with Crippen LogP contribution in [0.25, 0.3) is 11.1 Å². The van der Waals surface area contributed by atoms with E-state index in [1.807, 2.05) is 0 Å². The van der Waals surface area contributed by atoms with Crippen molar-refractivity contribution in [2.24, 2.45) is 5.73 Å². The molecule has 0 saturated heterocycles. The summed E-state index contributed by atoms with van der Waals surface area (Å²) in [6.45, 7) is 5.56. The number of nitrogens with two attached hydrogens (primary N) is 1. The van der Waals surface area contributed by atoms with Gasteiger partial charge in [0.2, 0.25) is 0 Å². The van der Waals surface area contributed by atoms with Crippen LogP contribution in [0.1, 0.15) is 11.1 Å². The maximum Gasteiger partial charge on any atom is 0.150 e. The molecule has 0 amide bonds. The molecule has 0 spiro atoms. The minimum Gasteiger partial charge on any atom is -0.484 e. The Labute approximate surface area is 119 Å². The van der Waals surface area contributed by atoms with E-state index >= 15 is 0 Å². The molecule has 0 saturated carbocycles. The minimum atomic E-state index is 0.0352. The van der Waals surface area contributed by atoms with E-state index in [1.54, 1.807) is 0 Å². The quantitative estimate of drug-likeness (QED) is 0.880. The molecule has 3 N–H and O–H groups in total. The summed E-state index contributed by atoms with van der Waals surface area (Å²) in [5, 5.41) is 3.41. The third-order valence-corrected chi connectivity index (χ3v) is 3.83. The highest BCUT2D eigenvalue weighted by Gasteiger charge is 2.22. The highest BCUT2D eigenvalue weighted by molar-refractivity contribution is 5.82. The molecule has 3 nitrogen and oxygen atoms in total. The molecule has 0 aliphatic carbocycles. The Hall–Kier alpha value is -2.00.